The molecule has 33 heavy (non-hydrogen) atoms. The number of nitrogens with zero attached hydrogens (tertiary/aromatic N) is 2. The normalized spacial score (nSPS) is 11.9. The standard InChI is InChI=1S/C26H14N2S5/c27-15-17(21-3-1-11-29-21)13-19-5-7-23(31-19)25-9-10-26(33-25)24-8-6-20(32-24)14-18(16-28)22-4-2-12-30-22/h1-14H/b17-13+,18-14+. The van der Waals surface area contributed by atoms with Crippen molar-refractivity contribution in [1.29, 1.82) is 10.5 Å². The maximum absolute atomic E-state index is 9.51. The smallest absolute Gasteiger partial charge is 0.101 e. The van der Waals surface area contributed by atoms with Crippen LogP contribution in [0.5, 0.6) is 0 Å². The van der Waals surface area contributed by atoms with Crippen LogP contribution >= 0.6 is 56.7 Å². The summed E-state index contributed by atoms with van der Waals surface area (Å²) in [5, 5.41) is 23.0. The molecule has 0 spiro atoms. The molecule has 0 aliphatic rings. The molecule has 5 aromatic rings. The second-order valence-corrected chi connectivity index (χ2v) is 12.1. The number of allylic oxidation sites excluding steroid dienone is 2. The van der Waals surface area contributed by atoms with Gasteiger partial charge in [0.05, 0.1) is 11.1 Å². The van der Waals surface area contributed by atoms with Crippen LogP contribution in [0.3, 0.4) is 0 Å². The Morgan fingerprint density at radius 1 is 0.576 bits per heavy atom. The van der Waals surface area contributed by atoms with Gasteiger partial charge in [0.15, 0.2) is 0 Å². The van der Waals surface area contributed by atoms with Gasteiger partial charge in [-0.2, -0.15) is 10.5 Å². The highest BCUT2D eigenvalue weighted by molar-refractivity contribution is 7.26. The maximum atomic E-state index is 9.51. The summed E-state index contributed by atoms with van der Waals surface area (Å²) in [6.07, 6.45) is 3.93. The Kier molecular flexibility index (Phi) is 6.50. The molecule has 0 radical (unpaired) electrons. The van der Waals surface area contributed by atoms with E-state index in [2.05, 4.69) is 48.5 Å². The Balaban J connectivity index is 1.37. The Hall–Kier alpha value is -3.04. The molecule has 0 saturated heterocycles. The summed E-state index contributed by atoms with van der Waals surface area (Å²) in [5.74, 6) is 0. The lowest BCUT2D eigenvalue weighted by Crippen LogP contribution is -1.72. The van der Waals surface area contributed by atoms with Gasteiger partial charge in [0.2, 0.25) is 0 Å². The fourth-order valence-corrected chi connectivity index (χ4v) is 7.67. The van der Waals surface area contributed by atoms with Gasteiger partial charge in [-0.15, -0.1) is 56.7 Å². The van der Waals surface area contributed by atoms with Crippen LogP contribution in [-0.4, -0.2) is 0 Å². The molecule has 0 amide bonds. The first-order valence-corrected chi connectivity index (χ1v) is 14.1. The second-order valence-electron chi connectivity index (χ2n) is 6.86. The molecule has 7 heteroatoms. The van der Waals surface area contributed by atoms with Crippen molar-refractivity contribution in [3.8, 4) is 31.6 Å². The summed E-state index contributed by atoms with van der Waals surface area (Å²) in [4.78, 5) is 8.96. The first-order chi connectivity index (χ1) is 16.2. The first kappa shape index (κ1) is 21.8. The highest BCUT2D eigenvalue weighted by Gasteiger charge is 2.11. The van der Waals surface area contributed by atoms with Gasteiger partial charge in [-0.25, -0.2) is 0 Å². The number of rotatable bonds is 6. The van der Waals surface area contributed by atoms with Crippen LogP contribution in [0.25, 0.3) is 42.8 Å². The van der Waals surface area contributed by atoms with E-state index in [-0.39, 0.29) is 0 Å². The van der Waals surface area contributed by atoms with E-state index in [0.717, 1.165) is 19.5 Å². The van der Waals surface area contributed by atoms with E-state index in [1.165, 1.54) is 19.5 Å². The minimum Gasteiger partial charge on any atom is -0.192 e. The monoisotopic (exact) mass is 514 g/mol. The molecule has 5 aromatic heterocycles. The number of thiophene rings is 5. The fourth-order valence-electron chi connectivity index (χ4n) is 3.19. The summed E-state index contributed by atoms with van der Waals surface area (Å²) in [7, 11) is 0. The lowest BCUT2D eigenvalue weighted by molar-refractivity contribution is 1.54. The molecular formula is C26H14N2S5. The molecule has 0 saturated carbocycles. The minimum absolute atomic E-state index is 0.698. The van der Waals surface area contributed by atoms with Gasteiger partial charge in [-0.3, -0.25) is 0 Å². The van der Waals surface area contributed by atoms with Crippen LogP contribution in [0.2, 0.25) is 0 Å². The third kappa shape index (κ3) is 4.84. The molecule has 0 atom stereocenters. The van der Waals surface area contributed by atoms with Crippen LogP contribution in [0.15, 0.2) is 71.4 Å². The molecule has 2 nitrogen and oxygen atoms in total. The van der Waals surface area contributed by atoms with Crippen LogP contribution in [-0.2, 0) is 0 Å². The highest BCUT2D eigenvalue weighted by Crippen LogP contribution is 2.41. The van der Waals surface area contributed by atoms with Crippen molar-refractivity contribution in [2.24, 2.45) is 0 Å². The van der Waals surface area contributed by atoms with E-state index in [0.29, 0.717) is 11.1 Å². The van der Waals surface area contributed by atoms with Gasteiger partial charge in [0, 0.05) is 39.0 Å². The van der Waals surface area contributed by atoms with Crippen molar-refractivity contribution in [1.82, 2.24) is 0 Å². The Labute approximate surface area is 211 Å². The molecule has 5 heterocycles. The van der Waals surface area contributed by atoms with Gasteiger partial charge >= 0.3 is 0 Å². The van der Waals surface area contributed by atoms with E-state index in [1.807, 2.05) is 47.2 Å². The average molecular weight is 515 g/mol. The topological polar surface area (TPSA) is 47.6 Å². The third-order valence-electron chi connectivity index (χ3n) is 4.73. The van der Waals surface area contributed by atoms with E-state index in [4.69, 9.17) is 0 Å². The molecule has 5 rings (SSSR count). The van der Waals surface area contributed by atoms with E-state index in [9.17, 15) is 10.5 Å². The van der Waals surface area contributed by atoms with Crippen LogP contribution < -0.4 is 0 Å². The Morgan fingerprint density at radius 3 is 1.39 bits per heavy atom. The molecule has 0 fully saturated rings. The predicted octanol–water partition coefficient (Wildman–Crippen LogP) is 9.46. The SMILES string of the molecule is N#C/C(=C\c1ccc(-c2ccc(-c3ccc(/C=C(\C#N)c4cccs4)s3)s2)s1)c1cccs1. The zero-order valence-corrected chi connectivity index (χ0v) is 21.1. The number of hydrogen-bond donors (Lipinski definition) is 0. The minimum atomic E-state index is 0.698. The Morgan fingerprint density at radius 2 is 1.00 bits per heavy atom. The molecule has 0 aromatic carbocycles. The number of hydrogen-bond acceptors (Lipinski definition) is 7. The molecule has 0 aliphatic heterocycles. The molecule has 0 unspecified atom stereocenters. The summed E-state index contributed by atoms with van der Waals surface area (Å²) in [6.45, 7) is 0. The van der Waals surface area contributed by atoms with Crippen LogP contribution in [0.1, 0.15) is 19.5 Å². The summed E-state index contributed by atoms with van der Waals surface area (Å²) >= 11 is 8.32. The molecule has 0 aliphatic carbocycles. The van der Waals surface area contributed by atoms with Crippen LogP contribution in [0, 0.1) is 22.7 Å². The highest BCUT2D eigenvalue weighted by atomic mass is 32.1. The quantitative estimate of drug-likeness (QED) is 0.212. The lowest BCUT2D eigenvalue weighted by atomic mass is 10.2. The van der Waals surface area contributed by atoms with Crippen molar-refractivity contribution in [3.05, 3.63) is 90.9 Å². The van der Waals surface area contributed by atoms with Crippen molar-refractivity contribution in [2.75, 3.05) is 0 Å². The van der Waals surface area contributed by atoms with Crippen molar-refractivity contribution >= 4 is 80.0 Å². The third-order valence-corrected chi connectivity index (χ3v) is 10.1. The molecule has 0 bridgehead atoms. The first-order valence-electron chi connectivity index (χ1n) is 9.85. The Bertz CT molecular complexity index is 1410. The summed E-state index contributed by atoms with van der Waals surface area (Å²) in [5.41, 5.74) is 1.40. The number of nitriles is 2. The summed E-state index contributed by atoms with van der Waals surface area (Å²) in [6, 6.07) is 25.2. The molecule has 0 N–H and O–H groups in total. The zero-order valence-electron chi connectivity index (χ0n) is 17.0. The van der Waals surface area contributed by atoms with Gasteiger partial charge < -0.3 is 0 Å². The second kappa shape index (κ2) is 9.84. The van der Waals surface area contributed by atoms with Crippen molar-refractivity contribution in [3.63, 3.8) is 0 Å². The van der Waals surface area contributed by atoms with E-state index < -0.39 is 0 Å². The van der Waals surface area contributed by atoms with Gasteiger partial charge in [0.1, 0.15) is 12.1 Å². The zero-order chi connectivity index (χ0) is 22.6. The van der Waals surface area contributed by atoms with Crippen molar-refractivity contribution < 1.29 is 0 Å². The van der Waals surface area contributed by atoms with Gasteiger partial charge in [-0.1, -0.05) is 12.1 Å². The lowest BCUT2D eigenvalue weighted by Gasteiger charge is -1.93. The average Bonchev–Trinajstić information content (AvgIpc) is 3.65. The maximum Gasteiger partial charge on any atom is 0.101 e. The van der Waals surface area contributed by atoms with E-state index >= 15 is 0 Å². The summed E-state index contributed by atoms with van der Waals surface area (Å²) < 4.78 is 0. The van der Waals surface area contributed by atoms with Gasteiger partial charge in [0.25, 0.3) is 0 Å². The largest absolute Gasteiger partial charge is 0.192 e. The van der Waals surface area contributed by atoms with Gasteiger partial charge in [-0.05, 0) is 71.4 Å². The molecule has 158 valence electrons. The fraction of sp³-hybridized carbons (Fsp3) is 0. The molecular weight excluding hydrogens is 501 g/mol. The predicted molar refractivity (Wildman–Crippen MR) is 147 cm³/mol. The van der Waals surface area contributed by atoms with Crippen LogP contribution in [0.4, 0.5) is 0 Å². The van der Waals surface area contributed by atoms with E-state index in [1.54, 1.807) is 56.7 Å². The van der Waals surface area contributed by atoms with Crippen molar-refractivity contribution in [2.45, 2.75) is 0 Å².